The summed E-state index contributed by atoms with van der Waals surface area (Å²) in [5.41, 5.74) is 12.8. The Morgan fingerprint density at radius 1 is 0.329 bits per heavy atom. The van der Waals surface area contributed by atoms with Crippen molar-refractivity contribution in [3.8, 4) is 22.7 Å². The third-order valence-corrected chi connectivity index (χ3v) is 39.5. The minimum Gasteiger partial charge on any atom is -0.291 e. The quantitative estimate of drug-likeness (QED) is 0.0536. The molecule has 8 aliphatic rings. The highest BCUT2D eigenvalue weighted by atomic mass is 32.2. The highest BCUT2D eigenvalue weighted by Crippen LogP contribution is 2.58. The summed E-state index contributed by atoms with van der Waals surface area (Å²) < 4.78 is 170. The zero-order chi connectivity index (χ0) is 105. The number of hydrogen-bond donors (Lipinski definition) is 0. The second kappa shape index (κ2) is 39.6. The molecular formula is C113H104F4N16O12S4. The maximum atomic E-state index is 14.3. The van der Waals surface area contributed by atoms with Crippen LogP contribution in [0.15, 0.2) is 300 Å². The molecule has 0 saturated heterocycles. The van der Waals surface area contributed by atoms with Crippen LogP contribution in [-0.2, 0) is 72.1 Å². The van der Waals surface area contributed by atoms with Gasteiger partial charge in [-0.1, -0.05) is 46.6 Å². The minimum atomic E-state index is -3.76. The largest absolute Gasteiger partial charge is 0.291 e. The van der Waals surface area contributed by atoms with Gasteiger partial charge in [0.2, 0.25) is 0 Å². The zero-order valence-electron chi connectivity index (χ0n) is 82.5. The number of halogens is 4. The molecule has 23 rings (SSSR count). The van der Waals surface area contributed by atoms with Crippen LogP contribution in [0.1, 0.15) is 201 Å². The number of carbonyl (C=O) groups is 4. The average molecular weight is 2080 g/mol. The molecule has 760 valence electrons. The Hall–Kier alpha value is -15.0. The molecule has 15 aromatic rings. The predicted molar refractivity (Wildman–Crippen MR) is 551 cm³/mol. The van der Waals surface area contributed by atoms with Crippen molar-refractivity contribution in [1.29, 1.82) is 0 Å². The number of hydrogen-bond acceptors (Lipinski definition) is 23. The first-order valence-electron chi connectivity index (χ1n) is 49.1. The van der Waals surface area contributed by atoms with Gasteiger partial charge in [-0.05, 0) is 377 Å². The van der Waals surface area contributed by atoms with Crippen LogP contribution in [0, 0.1) is 65.7 Å². The van der Waals surface area contributed by atoms with E-state index in [1.807, 2.05) is 63.3 Å². The van der Waals surface area contributed by atoms with Crippen molar-refractivity contribution in [1.82, 2.24) is 78.8 Å². The Bertz CT molecular complexity index is 8430. The van der Waals surface area contributed by atoms with Gasteiger partial charge in [-0.15, -0.1) is 0 Å². The molecule has 4 saturated carbocycles. The number of ketones is 4. The lowest BCUT2D eigenvalue weighted by Crippen LogP contribution is -2.48. The molecule has 11 heterocycles. The third kappa shape index (κ3) is 19.0. The SMILES string of the molecule is CC(C)(C)S(=O)(=O)[C@H]1CCC2=Cc3c(cnn3-c3ccc(F)cc3)C[C@]2(C(=O)c2ccccn2)C1.Cc1ccc(C(=O)[C@]23Cc4cnn(-c5ccc(F)cc5)c4C=C2CC[C@H](S(=O)(=O)c2ccccn2)C3)nc1.Cc1ccnc(C(=O)[C@]23Cc4cnn(-c5ccc(F)cc5)c4C=C2CC[C@H](S(=O)(=O)c2ccccn2)C3)c1.Cc1ccnc(C(=O)[C@]23Cc4cnn(-c5ccc(F)cc5)c4C=C2CC[C@H](S(=O)(=O)c2ccn(C)n2)C3)c1. The van der Waals surface area contributed by atoms with E-state index in [2.05, 4.69) is 55.4 Å². The molecule has 28 nitrogen and oxygen atoms in total. The summed E-state index contributed by atoms with van der Waals surface area (Å²) in [6.07, 6.45) is 31.0. The summed E-state index contributed by atoms with van der Waals surface area (Å²) in [6.45, 7) is 10.8. The van der Waals surface area contributed by atoms with Crippen LogP contribution in [0.25, 0.3) is 47.1 Å². The van der Waals surface area contributed by atoms with Crippen molar-refractivity contribution in [3.05, 3.63) is 392 Å². The molecule has 0 spiro atoms. The van der Waals surface area contributed by atoms with Gasteiger partial charge >= 0.3 is 0 Å². The molecule has 0 aliphatic heterocycles. The zero-order valence-corrected chi connectivity index (χ0v) is 85.7. The van der Waals surface area contributed by atoms with Gasteiger partial charge in [0, 0.05) is 50.4 Å². The summed E-state index contributed by atoms with van der Waals surface area (Å²) in [5, 5.41) is 19.5. The number of allylic oxidation sites excluding steroid dienone is 4. The van der Waals surface area contributed by atoms with E-state index in [4.69, 9.17) is 0 Å². The summed E-state index contributed by atoms with van der Waals surface area (Å²) in [5.74, 6) is -2.06. The van der Waals surface area contributed by atoms with Gasteiger partial charge in [-0.2, -0.15) is 25.5 Å². The van der Waals surface area contributed by atoms with Crippen molar-refractivity contribution < 1.29 is 70.4 Å². The topological polar surface area (TPSA) is 371 Å². The van der Waals surface area contributed by atoms with Crippen molar-refractivity contribution in [2.45, 2.75) is 185 Å². The molecule has 149 heavy (non-hydrogen) atoms. The number of fused-ring (bicyclic) bond motifs is 8. The molecule has 0 amide bonds. The lowest BCUT2D eigenvalue weighted by atomic mass is 9.61. The Morgan fingerprint density at radius 2 is 0.638 bits per heavy atom. The minimum absolute atomic E-state index is 0.0223. The van der Waals surface area contributed by atoms with Gasteiger partial charge in [-0.3, -0.25) is 43.8 Å². The summed E-state index contributed by atoms with van der Waals surface area (Å²) in [7, 11) is -13.1. The van der Waals surface area contributed by atoms with Crippen LogP contribution < -0.4 is 0 Å². The lowest BCUT2D eigenvalue weighted by molar-refractivity contribution is 0.0790. The van der Waals surface area contributed by atoms with Crippen molar-refractivity contribution in [2.75, 3.05) is 0 Å². The van der Waals surface area contributed by atoms with Crippen molar-refractivity contribution in [3.63, 3.8) is 0 Å². The fraction of sp³-hybridized carbons (Fsp3) is 0.283. The Labute approximate surface area is 859 Å². The number of aryl methyl sites for hydroxylation is 4. The molecule has 0 unspecified atom stereocenters. The summed E-state index contributed by atoms with van der Waals surface area (Å²) in [6, 6.07) is 51.4. The highest BCUT2D eigenvalue weighted by molar-refractivity contribution is 7.93. The maximum Gasteiger partial charge on any atom is 0.200 e. The maximum absolute atomic E-state index is 14.3. The average Bonchev–Trinajstić information content (AvgIpc) is 1.72. The smallest absolute Gasteiger partial charge is 0.200 e. The number of aromatic nitrogens is 16. The van der Waals surface area contributed by atoms with Gasteiger partial charge < -0.3 is 0 Å². The van der Waals surface area contributed by atoms with E-state index in [9.17, 15) is 70.4 Å². The summed E-state index contributed by atoms with van der Waals surface area (Å²) >= 11 is 0. The van der Waals surface area contributed by atoms with E-state index >= 15 is 0 Å². The molecule has 36 heteroatoms. The number of Topliss-reactive ketones (excluding diaryl/α,β-unsaturated/α-hetero) is 4. The molecule has 4 fully saturated rings. The molecular weight excluding hydrogens is 1980 g/mol. The molecule has 0 N–H and O–H groups in total. The van der Waals surface area contributed by atoms with Gasteiger partial charge in [0.1, 0.15) is 46.0 Å². The van der Waals surface area contributed by atoms with Crippen LogP contribution >= 0.6 is 0 Å². The van der Waals surface area contributed by atoms with Crippen LogP contribution in [0.2, 0.25) is 0 Å². The van der Waals surface area contributed by atoms with E-state index < -0.39 is 86.8 Å². The highest BCUT2D eigenvalue weighted by Gasteiger charge is 2.58. The first-order valence-corrected chi connectivity index (χ1v) is 55.3. The van der Waals surface area contributed by atoms with Crippen molar-refractivity contribution >= 4 is 86.8 Å². The van der Waals surface area contributed by atoms with E-state index in [1.54, 1.807) is 212 Å². The molecule has 8 atom stereocenters. The molecule has 4 aromatic carbocycles. The van der Waals surface area contributed by atoms with E-state index in [0.717, 1.165) is 89.7 Å². The van der Waals surface area contributed by atoms with Gasteiger partial charge in [-0.25, -0.2) is 79.9 Å². The van der Waals surface area contributed by atoms with Crippen LogP contribution in [0.5, 0.6) is 0 Å². The van der Waals surface area contributed by atoms with Crippen molar-refractivity contribution in [2.24, 2.45) is 28.7 Å². The van der Waals surface area contributed by atoms with Gasteiger partial charge in [0.15, 0.2) is 77.6 Å². The van der Waals surface area contributed by atoms with Gasteiger partial charge in [0.25, 0.3) is 0 Å². The number of benzene rings is 4. The second-order valence-corrected chi connectivity index (χ2v) is 50.1. The first-order chi connectivity index (χ1) is 71.2. The van der Waals surface area contributed by atoms with Gasteiger partial charge in [0.05, 0.1) is 118 Å². The summed E-state index contributed by atoms with van der Waals surface area (Å²) in [4.78, 5) is 82.4. The molecule has 8 aliphatic carbocycles. The van der Waals surface area contributed by atoms with E-state index in [-0.39, 0.29) is 87.2 Å². The Balaban J connectivity index is 0.000000120. The number of nitrogens with zero attached hydrogens (tertiary/aromatic N) is 16. The van der Waals surface area contributed by atoms with Crippen LogP contribution in [0.3, 0.4) is 0 Å². The van der Waals surface area contributed by atoms with E-state index in [0.29, 0.717) is 117 Å². The van der Waals surface area contributed by atoms with E-state index in [1.165, 1.54) is 83.8 Å². The lowest BCUT2D eigenvalue weighted by Gasteiger charge is -2.44. The number of carbonyl (C=O) groups excluding carboxylic acids is 4. The normalized spacial score (nSPS) is 21.1. The number of rotatable bonds is 19. The first kappa shape index (κ1) is 101. The second-order valence-electron chi connectivity index (χ2n) is 40.6. The molecule has 0 radical (unpaired) electrons. The fourth-order valence-corrected chi connectivity index (χ4v) is 29.7. The monoisotopic (exact) mass is 2080 g/mol. The number of pyridine rings is 6. The Morgan fingerprint density at radius 3 is 0.933 bits per heavy atom. The third-order valence-electron chi connectivity index (χ3n) is 30.3. The van der Waals surface area contributed by atoms with Crippen LogP contribution in [0.4, 0.5) is 17.6 Å². The predicted octanol–water partition coefficient (Wildman–Crippen LogP) is 19.2. The fourth-order valence-electron chi connectivity index (χ4n) is 22.5. The molecule has 11 aromatic heterocycles. The number of sulfone groups is 4. The van der Waals surface area contributed by atoms with Crippen LogP contribution in [-0.4, -0.2) is 161 Å². The standard InChI is InChI=1S/2C29H25FN4O3S.C28H26FN5O3S.C27H28FN3O3S/c1-19-5-12-25(32-17-19)28(35)29-15-20-18-33-34(23-9-7-22(30)8-10-23)26(20)14-21(29)6-11-24(16-29)38(36,37)27-4-2-3-13-31-27;1-19-11-13-31-25(14-19)28(35)29-16-20-18-33-34(23-8-6-22(30)7-9-23)26(20)15-21(29)5-10-24(17-29)38(36,37)27-4-2-3-12-32-27;1-18-9-11-30-24(13-18)27(35)28-15-19-17-31-34(22-6-4-21(29)5-7-22)25(19)14-20(28)3-8-23(16-28)38(36,37)26-10-12-33(2)32-26;1-26(2,3)35(33,34)22-12-7-19-14-24-18(17-30-31(24)21-10-8-20(28)9-11-21)15-27(19,16-22)25(32)23-6-4-5-13-29-23/h2-5,7-10,12-14,17-18,24H,6,11,15-16H2,1H3;2-4,6-9,11-15,18,24H,5,10,16-17H2,1H3;4-7,9-14,17,23H,3,8,15-16H2,1-2H3;4-6,8-11,13-14,17,22H,7,12,15-16H2,1-3H3/t2*24-,29-;23-,28-;22-,27-/m0000/s1. The molecule has 0 bridgehead atoms. The Kier molecular flexibility index (Phi) is 26.9.